The summed E-state index contributed by atoms with van der Waals surface area (Å²) in [6.07, 6.45) is 3.61. The van der Waals surface area contributed by atoms with Crippen molar-refractivity contribution in [3.63, 3.8) is 0 Å². The predicted octanol–water partition coefficient (Wildman–Crippen LogP) is 1.01. The maximum atomic E-state index is 11.4. The largest absolute Gasteiger partial charge is 0.478 e. The van der Waals surface area contributed by atoms with Crippen LogP contribution in [0.3, 0.4) is 0 Å². The fraction of sp³-hybridized carbons (Fsp3) is 0.500. The summed E-state index contributed by atoms with van der Waals surface area (Å²) in [5.41, 5.74) is 0.174. The summed E-state index contributed by atoms with van der Waals surface area (Å²) >= 11 is 0. The number of hydrogen-bond acceptors (Lipinski definition) is 3. The van der Waals surface area contributed by atoms with E-state index in [9.17, 15) is 13.2 Å². The highest BCUT2D eigenvalue weighted by molar-refractivity contribution is 7.91. The van der Waals surface area contributed by atoms with Crippen LogP contribution in [0.1, 0.15) is 23.7 Å². The fourth-order valence-corrected chi connectivity index (χ4v) is 2.68. The van der Waals surface area contributed by atoms with E-state index in [1.165, 1.54) is 12.3 Å². The molecule has 1 aromatic rings. The fourth-order valence-electron chi connectivity index (χ4n) is 1.36. The number of aromatic nitrogens is 1. The van der Waals surface area contributed by atoms with Crippen molar-refractivity contribution in [1.82, 2.24) is 4.57 Å². The summed E-state index contributed by atoms with van der Waals surface area (Å²) in [5, 5.41) is 8.68. The van der Waals surface area contributed by atoms with E-state index in [2.05, 4.69) is 0 Å². The van der Waals surface area contributed by atoms with Crippen LogP contribution in [-0.4, -0.2) is 35.6 Å². The van der Waals surface area contributed by atoms with Crippen molar-refractivity contribution in [3.05, 3.63) is 24.0 Å². The highest BCUT2D eigenvalue weighted by atomic mass is 32.2. The summed E-state index contributed by atoms with van der Waals surface area (Å²) < 4.78 is 24.4. The Balaban J connectivity index is 2.58. The van der Waals surface area contributed by atoms with Crippen molar-refractivity contribution < 1.29 is 18.3 Å². The summed E-state index contributed by atoms with van der Waals surface area (Å²) in [5.74, 6) is -0.774. The second kappa shape index (κ2) is 5.16. The molecule has 0 amide bonds. The topological polar surface area (TPSA) is 76.4 Å². The number of rotatable bonds is 6. The summed E-state index contributed by atoms with van der Waals surface area (Å²) in [6, 6.07) is 1.45. The Labute approximate surface area is 94.6 Å². The van der Waals surface area contributed by atoms with Gasteiger partial charge in [-0.25, -0.2) is 13.2 Å². The van der Waals surface area contributed by atoms with Gasteiger partial charge in [-0.1, -0.05) is 6.92 Å². The maximum Gasteiger partial charge on any atom is 0.337 e. The molecule has 0 unspecified atom stereocenters. The van der Waals surface area contributed by atoms with Crippen molar-refractivity contribution >= 4 is 15.8 Å². The first kappa shape index (κ1) is 12.8. The average Bonchev–Trinajstić information content (AvgIpc) is 2.63. The number of aryl methyl sites for hydroxylation is 1. The van der Waals surface area contributed by atoms with Gasteiger partial charge in [-0.2, -0.15) is 0 Å². The van der Waals surface area contributed by atoms with Crippen LogP contribution in [0.5, 0.6) is 0 Å². The van der Waals surface area contributed by atoms with Gasteiger partial charge in [0.05, 0.1) is 11.3 Å². The van der Waals surface area contributed by atoms with Gasteiger partial charge in [-0.3, -0.25) is 0 Å². The number of aromatic carboxylic acids is 1. The monoisotopic (exact) mass is 245 g/mol. The Kier molecular flexibility index (Phi) is 4.12. The maximum absolute atomic E-state index is 11.4. The van der Waals surface area contributed by atoms with Crippen LogP contribution in [0, 0.1) is 0 Å². The zero-order valence-electron chi connectivity index (χ0n) is 9.09. The lowest BCUT2D eigenvalue weighted by atomic mass is 10.4. The quantitative estimate of drug-likeness (QED) is 0.811. The Morgan fingerprint density at radius 3 is 2.62 bits per heavy atom. The lowest BCUT2D eigenvalue weighted by Crippen LogP contribution is -2.15. The normalized spacial score (nSPS) is 11.6. The zero-order valence-corrected chi connectivity index (χ0v) is 9.90. The highest BCUT2D eigenvalue weighted by Gasteiger charge is 2.10. The van der Waals surface area contributed by atoms with Crippen LogP contribution in [0.4, 0.5) is 0 Å². The minimum Gasteiger partial charge on any atom is -0.478 e. The number of carbonyl (C=O) groups is 1. The second-order valence-electron chi connectivity index (χ2n) is 3.59. The average molecular weight is 245 g/mol. The van der Waals surface area contributed by atoms with E-state index >= 15 is 0 Å². The molecule has 1 N–H and O–H groups in total. The van der Waals surface area contributed by atoms with E-state index in [-0.39, 0.29) is 17.1 Å². The summed E-state index contributed by atoms with van der Waals surface area (Å²) in [4.78, 5) is 10.6. The van der Waals surface area contributed by atoms with Crippen molar-refractivity contribution in [2.45, 2.75) is 19.9 Å². The van der Waals surface area contributed by atoms with Crippen LogP contribution >= 0.6 is 0 Å². The third kappa shape index (κ3) is 3.69. The molecule has 0 bridgehead atoms. The molecule has 6 heteroatoms. The number of sulfone groups is 1. The van der Waals surface area contributed by atoms with E-state index in [0.29, 0.717) is 13.0 Å². The number of carboxylic acids is 1. The van der Waals surface area contributed by atoms with Gasteiger partial charge in [0, 0.05) is 24.7 Å². The van der Waals surface area contributed by atoms with Crippen molar-refractivity contribution in [1.29, 1.82) is 0 Å². The molecule has 0 spiro atoms. The van der Waals surface area contributed by atoms with Gasteiger partial charge < -0.3 is 9.67 Å². The molecule has 0 saturated carbocycles. The minimum atomic E-state index is -3.01. The van der Waals surface area contributed by atoms with Crippen molar-refractivity contribution in [3.8, 4) is 0 Å². The molecule has 1 rings (SSSR count). The van der Waals surface area contributed by atoms with Gasteiger partial charge in [0.25, 0.3) is 0 Å². The molecule has 0 aliphatic carbocycles. The first-order chi connectivity index (χ1) is 7.44. The smallest absolute Gasteiger partial charge is 0.337 e. The molecule has 0 atom stereocenters. The Morgan fingerprint density at radius 1 is 1.44 bits per heavy atom. The molecule has 0 saturated heterocycles. The number of carboxylic acid groups (broad SMARTS) is 1. The van der Waals surface area contributed by atoms with Crippen LogP contribution in [0.15, 0.2) is 18.5 Å². The van der Waals surface area contributed by atoms with Crippen molar-refractivity contribution in [2.24, 2.45) is 0 Å². The Hall–Kier alpha value is -1.30. The molecule has 0 fully saturated rings. The zero-order chi connectivity index (χ0) is 12.2. The van der Waals surface area contributed by atoms with Gasteiger partial charge in [0.2, 0.25) is 0 Å². The third-order valence-electron chi connectivity index (χ3n) is 2.17. The van der Waals surface area contributed by atoms with Gasteiger partial charge in [-0.05, 0) is 12.5 Å². The summed E-state index contributed by atoms with van der Waals surface area (Å²) in [7, 11) is -3.01. The molecule has 0 aromatic carbocycles. The molecule has 0 radical (unpaired) electrons. The molecular formula is C10H15NO4S. The van der Waals surface area contributed by atoms with Gasteiger partial charge in [0.15, 0.2) is 9.84 Å². The molecule has 1 aromatic heterocycles. The molecule has 5 nitrogen and oxygen atoms in total. The second-order valence-corrected chi connectivity index (χ2v) is 5.90. The van der Waals surface area contributed by atoms with Crippen LogP contribution in [-0.2, 0) is 16.4 Å². The van der Waals surface area contributed by atoms with Crippen LogP contribution in [0.25, 0.3) is 0 Å². The van der Waals surface area contributed by atoms with Gasteiger partial charge in [-0.15, -0.1) is 0 Å². The standard InChI is InChI=1S/C10H15NO4S/c1-2-6-16(14,15)7-5-11-4-3-9(8-11)10(12)13/h3-4,8H,2,5-7H2,1H3,(H,12,13). The molecule has 16 heavy (non-hydrogen) atoms. The van der Waals surface area contributed by atoms with E-state index in [4.69, 9.17) is 5.11 Å². The summed E-state index contributed by atoms with van der Waals surface area (Å²) in [6.45, 7) is 2.12. The van der Waals surface area contributed by atoms with Crippen LogP contribution < -0.4 is 0 Å². The first-order valence-corrected chi connectivity index (χ1v) is 6.86. The lowest BCUT2D eigenvalue weighted by Gasteiger charge is -2.03. The molecule has 90 valence electrons. The highest BCUT2D eigenvalue weighted by Crippen LogP contribution is 2.03. The van der Waals surface area contributed by atoms with E-state index < -0.39 is 15.8 Å². The predicted molar refractivity (Wildman–Crippen MR) is 60.3 cm³/mol. The third-order valence-corrected chi connectivity index (χ3v) is 4.01. The molecule has 0 aliphatic rings. The van der Waals surface area contributed by atoms with Crippen LogP contribution in [0.2, 0.25) is 0 Å². The molecule has 1 heterocycles. The van der Waals surface area contributed by atoms with Crippen molar-refractivity contribution in [2.75, 3.05) is 11.5 Å². The Bertz CT molecular complexity index is 461. The SMILES string of the molecule is CCCS(=O)(=O)CCn1ccc(C(=O)O)c1. The number of nitrogens with zero attached hydrogens (tertiary/aromatic N) is 1. The Morgan fingerprint density at radius 2 is 2.12 bits per heavy atom. The van der Waals surface area contributed by atoms with E-state index in [1.807, 2.05) is 6.92 Å². The first-order valence-electron chi connectivity index (χ1n) is 5.04. The van der Waals surface area contributed by atoms with Gasteiger partial charge in [0.1, 0.15) is 0 Å². The van der Waals surface area contributed by atoms with E-state index in [1.54, 1.807) is 10.8 Å². The lowest BCUT2D eigenvalue weighted by molar-refractivity contribution is 0.0697. The molecular weight excluding hydrogens is 230 g/mol. The number of hydrogen-bond donors (Lipinski definition) is 1. The molecule has 0 aliphatic heterocycles. The minimum absolute atomic E-state index is 0.0502. The van der Waals surface area contributed by atoms with Gasteiger partial charge >= 0.3 is 5.97 Å². The van der Waals surface area contributed by atoms with E-state index in [0.717, 1.165) is 0 Å².